The van der Waals surface area contributed by atoms with Gasteiger partial charge in [0.05, 0.1) is 29.1 Å². The van der Waals surface area contributed by atoms with Gasteiger partial charge in [0.1, 0.15) is 21.5 Å². The van der Waals surface area contributed by atoms with E-state index in [1.54, 1.807) is 0 Å². The lowest BCUT2D eigenvalue weighted by Crippen LogP contribution is -2.44. The summed E-state index contributed by atoms with van der Waals surface area (Å²) in [6.45, 7) is 0. The Labute approximate surface area is 199 Å². The number of benzene rings is 1. The number of hydrogen-bond acceptors (Lipinski definition) is 5. The fourth-order valence-electron chi connectivity index (χ4n) is 4.77. The van der Waals surface area contributed by atoms with Crippen LogP contribution in [0.1, 0.15) is 35.7 Å². The van der Waals surface area contributed by atoms with Crippen LogP contribution >= 0.6 is 0 Å². The van der Waals surface area contributed by atoms with Crippen molar-refractivity contribution in [1.82, 2.24) is 9.88 Å². The molecule has 1 unspecified atom stereocenters. The molecule has 1 saturated heterocycles. The molecule has 12 heteroatoms. The smallest absolute Gasteiger partial charge is 0.380 e. The monoisotopic (exact) mass is 517 g/mol. The average molecular weight is 518 g/mol. The molecule has 2 heterocycles. The SMILES string of the molecule is CN(C(=O)C1CCS(=O)(=O)CC1)C(c1ccc(NC2Cc3c(F)ccc(F)c3C2)cn1)C(F)(F)F. The maximum absolute atomic E-state index is 14.0. The van der Waals surface area contributed by atoms with E-state index < -0.39 is 51.2 Å². The van der Waals surface area contributed by atoms with Gasteiger partial charge < -0.3 is 10.2 Å². The summed E-state index contributed by atoms with van der Waals surface area (Å²) in [5.41, 5.74) is 0.536. The summed E-state index contributed by atoms with van der Waals surface area (Å²) in [6, 6.07) is 2.00. The van der Waals surface area contributed by atoms with Crippen LogP contribution < -0.4 is 5.32 Å². The second-order valence-corrected chi connectivity index (χ2v) is 11.3. The molecule has 1 aromatic carbocycles. The van der Waals surface area contributed by atoms with Crippen molar-refractivity contribution in [2.75, 3.05) is 23.9 Å². The van der Waals surface area contributed by atoms with Crippen LogP contribution in [-0.2, 0) is 27.5 Å². The number of alkyl halides is 3. The lowest BCUT2D eigenvalue weighted by atomic mass is 9.99. The number of hydrogen-bond donors (Lipinski definition) is 1. The van der Waals surface area contributed by atoms with Crippen molar-refractivity contribution in [3.8, 4) is 0 Å². The van der Waals surface area contributed by atoms with Gasteiger partial charge in [0, 0.05) is 19.0 Å². The van der Waals surface area contributed by atoms with E-state index in [1.807, 2.05) is 0 Å². The molecular formula is C23H24F5N3O3S. The van der Waals surface area contributed by atoms with E-state index in [0.717, 1.165) is 25.2 Å². The number of pyridine rings is 1. The predicted molar refractivity (Wildman–Crippen MR) is 118 cm³/mol. The number of halogens is 5. The quantitative estimate of drug-likeness (QED) is 0.610. The highest BCUT2D eigenvalue weighted by Gasteiger charge is 2.47. The summed E-state index contributed by atoms with van der Waals surface area (Å²) in [6.07, 6.45) is -3.21. The molecule has 1 amide bonds. The maximum Gasteiger partial charge on any atom is 0.414 e. The first-order valence-electron chi connectivity index (χ1n) is 11.1. The first-order chi connectivity index (χ1) is 16.4. The van der Waals surface area contributed by atoms with Gasteiger partial charge in [-0.05, 0) is 61.1 Å². The van der Waals surface area contributed by atoms with Crippen molar-refractivity contribution in [2.45, 2.75) is 43.9 Å². The van der Waals surface area contributed by atoms with Crippen LogP contribution in [0.3, 0.4) is 0 Å². The van der Waals surface area contributed by atoms with Crippen LogP contribution in [0.5, 0.6) is 0 Å². The van der Waals surface area contributed by atoms with Crippen LogP contribution in [0.2, 0.25) is 0 Å². The van der Waals surface area contributed by atoms with Crippen LogP contribution in [0, 0.1) is 17.6 Å². The Kier molecular flexibility index (Phi) is 6.78. The van der Waals surface area contributed by atoms with E-state index in [0.29, 0.717) is 10.6 Å². The third-order valence-electron chi connectivity index (χ3n) is 6.60. The zero-order valence-electron chi connectivity index (χ0n) is 18.8. The molecule has 2 aliphatic rings. The number of carbonyl (C=O) groups excluding carboxylic acids is 1. The van der Waals surface area contributed by atoms with Crippen molar-refractivity contribution in [2.24, 2.45) is 5.92 Å². The third-order valence-corrected chi connectivity index (χ3v) is 8.32. The number of anilines is 1. The topological polar surface area (TPSA) is 79.4 Å². The fraction of sp³-hybridized carbons (Fsp3) is 0.478. The van der Waals surface area contributed by atoms with Gasteiger partial charge in [-0.15, -0.1) is 0 Å². The standard InChI is InChI=1S/C23H24F5N3O3S/c1-31(22(32)13-6-8-35(33,34)9-7-13)21(23(26,27)28)20-5-2-14(12-29-20)30-15-10-16-17(11-15)19(25)4-3-18(16)24/h2-5,12-13,15,21,30H,6-11H2,1H3. The highest BCUT2D eigenvalue weighted by molar-refractivity contribution is 7.91. The molecule has 0 bridgehead atoms. The summed E-state index contributed by atoms with van der Waals surface area (Å²) in [5, 5.41) is 3.04. The Balaban J connectivity index is 1.47. The summed E-state index contributed by atoms with van der Waals surface area (Å²) in [5.74, 6) is -3.06. The molecule has 0 radical (unpaired) electrons. The summed E-state index contributed by atoms with van der Waals surface area (Å²) in [4.78, 5) is 17.3. The number of aromatic nitrogens is 1. The number of nitrogens with one attached hydrogen (secondary N) is 1. The molecule has 4 rings (SSSR count). The summed E-state index contributed by atoms with van der Waals surface area (Å²) < 4.78 is 93.0. The number of nitrogens with zero attached hydrogens (tertiary/aromatic N) is 2. The van der Waals surface area contributed by atoms with Crippen LogP contribution in [-0.4, -0.2) is 55.0 Å². The number of sulfone groups is 1. The van der Waals surface area contributed by atoms with Crippen molar-refractivity contribution in [3.63, 3.8) is 0 Å². The van der Waals surface area contributed by atoms with Gasteiger partial charge in [-0.25, -0.2) is 17.2 Å². The summed E-state index contributed by atoms with van der Waals surface area (Å²) in [7, 11) is -2.23. The van der Waals surface area contributed by atoms with Gasteiger partial charge in [-0.1, -0.05) is 0 Å². The molecule has 1 fully saturated rings. The van der Waals surface area contributed by atoms with Crippen LogP contribution in [0.25, 0.3) is 0 Å². The van der Waals surface area contributed by atoms with E-state index in [1.165, 1.54) is 12.3 Å². The lowest BCUT2D eigenvalue weighted by Gasteiger charge is -2.33. The molecule has 190 valence electrons. The number of amides is 1. The summed E-state index contributed by atoms with van der Waals surface area (Å²) >= 11 is 0. The van der Waals surface area contributed by atoms with E-state index in [9.17, 15) is 35.2 Å². The molecule has 35 heavy (non-hydrogen) atoms. The molecule has 1 aliphatic carbocycles. The Morgan fingerprint density at radius 1 is 1.06 bits per heavy atom. The second-order valence-electron chi connectivity index (χ2n) is 9.03. The van der Waals surface area contributed by atoms with E-state index >= 15 is 0 Å². The van der Waals surface area contributed by atoms with Gasteiger partial charge in [0.15, 0.2) is 6.04 Å². The molecule has 0 saturated carbocycles. The highest BCUT2D eigenvalue weighted by Crippen LogP contribution is 2.38. The Morgan fingerprint density at radius 3 is 2.11 bits per heavy atom. The van der Waals surface area contributed by atoms with E-state index in [4.69, 9.17) is 0 Å². The molecule has 1 atom stereocenters. The first-order valence-corrected chi connectivity index (χ1v) is 12.9. The van der Waals surface area contributed by atoms with Gasteiger partial charge in [0.25, 0.3) is 0 Å². The van der Waals surface area contributed by atoms with Gasteiger partial charge in [0.2, 0.25) is 5.91 Å². The Bertz CT molecular complexity index is 1170. The molecule has 6 nitrogen and oxygen atoms in total. The first kappa shape index (κ1) is 25.3. The average Bonchev–Trinajstić information content (AvgIpc) is 3.21. The number of rotatable bonds is 5. The maximum atomic E-state index is 14.0. The number of carbonyl (C=O) groups is 1. The second kappa shape index (κ2) is 9.36. The van der Waals surface area contributed by atoms with Crippen molar-refractivity contribution in [3.05, 3.63) is 58.9 Å². The van der Waals surface area contributed by atoms with Crippen LogP contribution in [0.4, 0.5) is 27.6 Å². The van der Waals surface area contributed by atoms with Crippen molar-refractivity contribution < 1.29 is 35.2 Å². The number of fused-ring (bicyclic) bond motifs is 1. The van der Waals surface area contributed by atoms with E-state index in [-0.39, 0.29) is 54.4 Å². The lowest BCUT2D eigenvalue weighted by molar-refractivity contribution is -0.191. The molecule has 0 spiro atoms. The fourth-order valence-corrected chi connectivity index (χ4v) is 6.26. The molecular weight excluding hydrogens is 493 g/mol. The minimum atomic E-state index is -4.81. The largest absolute Gasteiger partial charge is 0.414 e. The minimum absolute atomic E-state index is 0.0165. The zero-order chi connectivity index (χ0) is 25.5. The third kappa shape index (κ3) is 5.41. The van der Waals surface area contributed by atoms with Crippen LogP contribution in [0.15, 0.2) is 30.5 Å². The Morgan fingerprint density at radius 2 is 1.63 bits per heavy atom. The molecule has 1 aromatic heterocycles. The normalized spacial score (nSPS) is 19.3. The minimum Gasteiger partial charge on any atom is -0.380 e. The van der Waals surface area contributed by atoms with E-state index in [2.05, 4.69) is 10.3 Å². The highest BCUT2D eigenvalue weighted by atomic mass is 32.2. The molecule has 1 N–H and O–H groups in total. The predicted octanol–water partition coefficient (Wildman–Crippen LogP) is 3.83. The molecule has 1 aliphatic heterocycles. The van der Waals surface area contributed by atoms with Gasteiger partial charge >= 0.3 is 6.18 Å². The van der Waals surface area contributed by atoms with Crippen molar-refractivity contribution >= 4 is 21.4 Å². The Hall–Kier alpha value is -2.76. The van der Waals surface area contributed by atoms with Crippen molar-refractivity contribution in [1.29, 1.82) is 0 Å². The molecule has 2 aromatic rings. The van der Waals surface area contributed by atoms with Gasteiger partial charge in [-0.2, -0.15) is 13.2 Å². The van der Waals surface area contributed by atoms with Gasteiger partial charge in [-0.3, -0.25) is 9.78 Å². The zero-order valence-corrected chi connectivity index (χ0v) is 19.6.